The molecule has 4 heterocycles. The van der Waals surface area contributed by atoms with E-state index < -0.39 is 24.0 Å². The molecule has 6 rings (SSSR count). The average molecular weight is 467 g/mol. The topological polar surface area (TPSA) is 145 Å². The van der Waals surface area contributed by atoms with Gasteiger partial charge in [-0.3, -0.25) is 0 Å². The van der Waals surface area contributed by atoms with Crippen LogP contribution in [0.25, 0.3) is 21.9 Å². The van der Waals surface area contributed by atoms with E-state index in [9.17, 15) is 10.2 Å². The molecule has 0 bridgehead atoms. The maximum atomic E-state index is 11.4. The van der Waals surface area contributed by atoms with Gasteiger partial charge < -0.3 is 31.0 Å². The molecule has 6 N–H and O–H groups in total. The smallest absolute Gasteiger partial charge is 0.164 e. The first kappa shape index (κ1) is 20.6. The zero-order chi connectivity index (χ0) is 22.9. The van der Waals surface area contributed by atoms with Crippen molar-refractivity contribution in [2.24, 2.45) is 5.92 Å². The number of aliphatic hydroxyl groups excluding tert-OH is 1. The van der Waals surface area contributed by atoms with Gasteiger partial charge in [-0.05, 0) is 48.9 Å². The molecule has 0 radical (unpaired) electrons. The average Bonchev–Trinajstić information content (AvgIpc) is 3.42. The number of aromatic nitrogens is 4. The molecule has 5 atom stereocenters. The summed E-state index contributed by atoms with van der Waals surface area (Å²) in [6, 6.07) is 9.57. The summed E-state index contributed by atoms with van der Waals surface area (Å²) in [6.07, 6.45) is 2.61. The van der Waals surface area contributed by atoms with Gasteiger partial charge in [0.1, 0.15) is 35.3 Å². The lowest BCUT2D eigenvalue weighted by Gasteiger charge is -2.26. The molecule has 0 spiro atoms. The fourth-order valence-corrected chi connectivity index (χ4v) is 5.55. The van der Waals surface area contributed by atoms with Crippen LogP contribution in [0.2, 0.25) is 5.02 Å². The van der Waals surface area contributed by atoms with Gasteiger partial charge in [0, 0.05) is 11.6 Å². The van der Waals surface area contributed by atoms with Gasteiger partial charge in [-0.2, -0.15) is 0 Å². The molecule has 1 aliphatic carbocycles. The van der Waals surface area contributed by atoms with Gasteiger partial charge in [0.2, 0.25) is 0 Å². The summed E-state index contributed by atoms with van der Waals surface area (Å²) >= 11 is 6.08. The summed E-state index contributed by atoms with van der Waals surface area (Å²) in [6.45, 7) is 0. The Morgan fingerprint density at radius 2 is 2.03 bits per heavy atom. The number of nitrogen functional groups attached to an aromatic ring is 2. The highest BCUT2D eigenvalue weighted by Crippen LogP contribution is 2.50. The molecule has 0 unspecified atom stereocenters. The lowest BCUT2D eigenvalue weighted by molar-refractivity contribution is -0.0675. The molecule has 1 aromatic carbocycles. The number of anilines is 2. The second kappa shape index (κ2) is 7.26. The number of rotatable bonds is 3. The van der Waals surface area contributed by atoms with Crippen LogP contribution in [0.15, 0.2) is 42.9 Å². The lowest BCUT2D eigenvalue weighted by Crippen LogP contribution is -2.45. The number of nitrogens with two attached hydrogens (primary N) is 2. The van der Waals surface area contributed by atoms with Crippen molar-refractivity contribution in [1.82, 2.24) is 19.5 Å². The molecule has 10 heteroatoms. The Morgan fingerprint density at radius 3 is 2.88 bits per heavy atom. The summed E-state index contributed by atoms with van der Waals surface area (Å²) in [5.74, 6) is 0.679. The molecule has 1 saturated carbocycles. The fraction of sp³-hybridized carbons (Fsp3) is 0.348. The van der Waals surface area contributed by atoms with Gasteiger partial charge in [0.25, 0.3) is 0 Å². The van der Waals surface area contributed by atoms with E-state index in [0.29, 0.717) is 40.5 Å². The van der Waals surface area contributed by atoms with Crippen LogP contribution in [0.5, 0.6) is 0 Å². The van der Waals surface area contributed by atoms with Crippen LogP contribution >= 0.6 is 11.6 Å². The summed E-state index contributed by atoms with van der Waals surface area (Å²) in [4.78, 5) is 12.7. The first-order valence-electron chi connectivity index (χ1n) is 10.8. The van der Waals surface area contributed by atoms with Gasteiger partial charge >= 0.3 is 0 Å². The monoisotopic (exact) mass is 466 g/mol. The van der Waals surface area contributed by atoms with Crippen LogP contribution in [0.4, 0.5) is 11.6 Å². The van der Waals surface area contributed by atoms with Crippen LogP contribution in [-0.4, -0.2) is 47.5 Å². The number of halogens is 1. The van der Waals surface area contributed by atoms with Crippen LogP contribution in [0.1, 0.15) is 24.6 Å². The number of nitrogens with zero attached hydrogens (tertiary/aromatic N) is 4. The van der Waals surface area contributed by atoms with Crippen molar-refractivity contribution in [3.63, 3.8) is 0 Å². The van der Waals surface area contributed by atoms with E-state index in [1.54, 1.807) is 22.9 Å². The van der Waals surface area contributed by atoms with Crippen LogP contribution in [-0.2, 0) is 11.2 Å². The minimum atomic E-state index is -1.34. The number of hydrogen-bond donors (Lipinski definition) is 4. The van der Waals surface area contributed by atoms with Gasteiger partial charge in [-0.25, -0.2) is 15.0 Å². The van der Waals surface area contributed by atoms with Gasteiger partial charge in [-0.1, -0.05) is 23.7 Å². The van der Waals surface area contributed by atoms with E-state index >= 15 is 0 Å². The van der Waals surface area contributed by atoms with Crippen molar-refractivity contribution in [2.75, 3.05) is 11.5 Å². The van der Waals surface area contributed by atoms with Crippen molar-refractivity contribution in [1.29, 1.82) is 0 Å². The highest BCUT2D eigenvalue weighted by molar-refractivity contribution is 6.33. The van der Waals surface area contributed by atoms with Gasteiger partial charge in [0.15, 0.2) is 6.23 Å². The predicted octanol–water partition coefficient (Wildman–Crippen LogP) is 2.44. The zero-order valence-corrected chi connectivity index (χ0v) is 18.4. The highest BCUT2D eigenvalue weighted by atomic mass is 35.5. The van der Waals surface area contributed by atoms with E-state index in [2.05, 4.69) is 15.0 Å². The van der Waals surface area contributed by atoms with Crippen molar-refractivity contribution in [3.8, 4) is 0 Å². The quantitative estimate of drug-likeness (QED) is 0.360. The van der Waals surface area contributed by atoms with Crippen LogP contribution in [0, 0.1) is 5.92 Å². The van der Waals surface area contributed by atoms with E-state index in [4.69, 9.17) is 27.8 Å². The Labute approximate surface area is 194 Å². The van der Waals surface area contributed by atoms with E-state index in [-0.39, 0.29) is 5.92 Å². The molecule has 2 fully saturated rings. The summed E-state index contributed by atoms with van der Waals surface area (Å²) in [5, 5.41) is 24.5. The molecule has 9 nitrogen and oxygen atoms in total. The Balaban J connectivity index is 1.29. The molecule has 33 heavy (non-hydrogen) atoms. The third-order valence-corrected chi connectivity index (χ3v) is 7.38. The zero-order valence-electron chi connectivity index (χ0n) is 17.6. The minimum absolute atomic E-state index is 0.0262. The van der Waals surface area contributed by atoms with Gasteiger partial charge in [0.05, 0.1) is 22.0 Å². The molecular formula is C23H23ClN6O3. The standard InChI is InChI=1S/C23H23ClN6O3/c24-15-9-12-2-1-11(8-16(12)29-20(15)26)7-13-3-5-23(32)17(31)22(33-18(13)23)30-6-4-14-19(25)27-10-28-21(14)30/h1-2,4,6,8-10,13,17-18,22,31-32H,3,5,7H2,(H2,26,29)(H2,25,27,28)/t13-,17-,18+,22+,23-/m0/s1. The van der Waals surface area contributed by atoms with Gasteiger partial charge in [-0.15, -0.1) is 0 Å². The van der Waals surface area contributed by atoms with Crippen molar-refractivity contribution < 1.29 is 14.9 Å². The lowest BCUT2D eigenvalue weighted by atomic mass is 9.90. The van der Waals surface area contributed by atoms with Crippen LogP contribution in [0.3, 0.4) is 0 Å². The third-order valence-electron chi connectivity index (χ3n) is 7.08. The summed E-state index contributed by atoms with van der Waals surface area (Å²) in [7, 11) is 0. The number of aliphatic hydroxyl groups is 2. The van der Waals surface area contributed by atoms with Crippen LogP contribution < -0.4 is 11.5 Å². The summed E-state index contributed by atoms with van der Waals surface area (Å²) < 4.78 is 8.03. The second-order valence-corrected chi connectivity index (χ2v) is 9.40. The SMILES string of the molecule is Nc1nc2cc(C[C@@H]3CC[C@@]4(O)[C@@H]3O[C@@H](n3ccc5c(N)ncnc53)[C@@H]4O)ccc2cc1Cl. The molecule has 1 aliphatic heterocycles. The first-order chi connectivity index (χ1) is 15.8. The predicted molar refractivity (Wildman–Crippen MR) is 124 cm³/mol. The number of benzene rings is 1. The minimum Gasteiger partial charge on any atom is -0.385 e. The van der Waals surface area contributed by atoms with Crippen molar-refractivity contribution >= 4 is 45.2 Å². The Kier molecular flexibility index (Phi) is 4.54. The normalized spacial score (nSPS) is 29.2. The fourth-order valence-electron chi connectivity index (χ4n) is 5.39. The first-order valence-corrected chi connectivity index (χ1v) is 11.2. The maximum Gasteiger partial charge on any atom is 0.164 e. The molecule has 0 amide bonds. The second-order valence-electron chi connectivity index (χ2n) is 8.99. The summed E-state index contributed by atoms with van der Waals surface area (Å²) in [5.41, 5.74) is 12.9. The van der Waals surface area contributed by atoms with E-state index in [1.807, 2.05) is 18.2 Å². The van der Waals surface area contributed by atoms with E-state index in [1.165, 1.54) is 6.33 Å². The van der Waals surface area contributed by atoms with E-state index in [0.717, 1.165) is 22.9 Å². The number of pyridine rings is 1. The highest BCUT2D eigenvalue weighted by Gasteiger charge is 2.61. The third kappa shape index (κ3) is 3.07. The molecular weight excluding hydrogens is 444 g/mol. The number of fused-ring (bicyclic) bond motifs is 3. The molecule has 3 aromatic heterocycles. The number of hydrogen-bond acceptors (Lipinski definition) is 8. The molecule has 4 aromatic rings. The van der Waals surface area contributed by atoms with Crippen molar-refractivity contribution in [2.45, 2.75) is 43.3 Å². The Hall–Kier alpha value is -2.98. The Bertz CT molecular complexity index is 1390. The molecule has 1 saturated heterocycles. The van der Waals surface area contributed by atoms with Crippen molar-refractivity contribution in [3.05, 3.63) is 53.4 Å². The maximum absolute atomic E-state index is 11.4. The largest absolute Gasteiger partial charge is 0.385 e. The Morgan fingerprint density at radius 1 is 1.18 bits per heavy atom. The molecule has 2 aliphatic rings. The molecule has 170 valence electrons. The number of ether oxygens (including phenoxy) is 1.